The Morgan fingerprint density at radius 2 is 2.42 bits per heavy atom. The van der Waals surface area contributed by atoms with Crippen LogP contribution in [0.2, 0.25) is 0 Å². The third-order valence-corrected chi connectivity index (χ3v) is 2.78. The van der Waals surface area contributed by atoms with Crippen LogP contribution in [0.15, 0.2) is 5.16 Å². The van der Waals surface area contributed by atoms with Gasteiger partial charge in [0.05, 0.1) is 17.0 Å². The zero-order valence-corrected chi connectivity index (χ0v) is 8.38. The lowest BCUT2D eigenvalue weighted by molar-refractivity contribution is -0.118. The van der Waals surface area contributed by atoms with Crippen molar-refractivity contribution in [1.29, 1.82) is 0 Å². The molecule has 1 N–H and O–H groups in total. The summed E-state index contributed by atoms with van der Waals surface area (Å²) in [5.74, 6) is -0.00868. The maximum atomic E-state index is 11.3. The summed E-state index contributed by atoms with van der Waals surface area (Å²) in [6.07, 6.45) is 3.69. The zero-order chi connectivity index (χ0) is 8.97. The van der Waals surface area contributed by atoms with E-state index in [1.807, 2.05) is 0 Å². The summed E-state index contributed by atoms with van der Waals surface area (Å²) < 4.78 is 0. The summed E-state index contributed by atoms with van der Waals surface area (Å²) in [6.45, 7) is 0. The molecule has 0 spiro atoms. The van der Waals surface area contributed by atoms with Crippen LogP contribution in [0.1, 0.15) is 25.7 Å². The molecule has 1 aliphatic carbocycles. The molecule has 0 aliphatic heterocycles. The van der Waals surface area contributed by atoms with Crippen molar-refractivity contribution in [3.05, 3.63) is 0 Å². The largest absolute Gasteiger partial charge is 0.411 e. The van der Waals surface area contributed by atoms with Crippen LogP contribution in [0.5, 0.6) is 0 Å². The van der Waals surface area contributed by atoms with E-state index in [9.17, 15) is 4.79 Å². The zero-order valence-electron chi connectivity index (χ0n) is 6.79. The van der Waals surface area contributed by atoms with Gasteiger partial charge in [0, 0.05) is 0 Å². The number of carbonyl (C=O) groups is 1. The van der Waals surface area contributed by atoms with Crippen molar-refractivity contribution in [1.82, 2.24) is 0 Å². The minimum Gasteiger partial charge on any atom is -0.411 e. The molecule has 1 saturated carbocycles. The number of hydrogen-bond acceptors (Lipinski definition) is 3. The fourth-order valence-corrected chi connectivity index (χ4v) is 1.95. The van der Waals surface area contributed by atoms with Gasteiger partial charge in [-0.05, 0) is 19.3 Å². The molecule has 12 heavy (non-hydrogen) atoms. The minimum atomic E-state index is -0.136. The predicted octanol–water partition coefficient (Wildman–Crippen LogP) is 1.97. The molecule has 1 fully saturated rings. The molecule has 0 heterocycles. The van der Waals surface area contributed by atoms with Gasteiger partial charge in [-0.1, -0.05) is 27.5 Å². The van der Waals surface area contributed by atoms with E-state index in [1.54, 1.807) is 0 Å². The van der Waals surface area contributed by atoms with Crippen molar-refractivity contribution in [2.45, 2.75) is 25.7 Å². The predicted molar refractivity (Wildman–Crippen MR) is 50.0 cm³/mol. The summed E-state index contributed by atoms with van der Waals surface area (Å²) >= 11 is 3.12. The molecule has 1 unspecified atom stereocenters. The molecule has 0 bridgehead atoms. The summed E-state index contributed by atoms with van der Waals surface area (Å²) in [4.78, 5) is 11.3. The van der Waals surface area contributed by atoms with Gasteiger partial charge in [-0.25, -0.2) is 0 Å². The lowest BCUT2D eigenvalue weighted by Gasteiger charge is -2.20. The van der Waals surface area contributed by atoms with E-state index in [-0.39, 0.29) is 11.7 Å². The molecule has 0 aromatic heterocycles. The van der Waals surface area contributed by atoms with Crippen LogP contribution < -0.4 is 0 Å². The number of hydrogen-bond donors (Lipinski definition) is 1. The molecule has 4 heteroatoms. The van der Waals surface area contributed by atoms with Gasteiger partial charge in [-0.15, -0.1) is 0 Å². The number of rotatable bonds is 2. The van der Waals surface area contributed by atoms with Gasteiger partial charge in [0.15, 0.2) is 5.78 Å². The number of ketones is 1. The molecule has 0 saturated heterocycles. The lowest BCUT2D eigenvalue weighted by atomic mass is 9.85. The molecular formula is C8H12BrNO2. The van der Waals surface area contributed by atoms with E-state index in [0.29, 0.717) is 11.0 Å². The Kier molecular flexibility index (Phi) is 3.72. The maximum absolute atomic E-state index is 11.3. The van der Waals surface area contributed by atoms with Crippen LogP contribution in [0.25, 0.3) is 0 Å². The molecular weight excluding hydrogens is 222 g/mol. The number of alkyl halides is 1. The first-order chi connectivity index (χ1) is 5.79. The maximum Gasteiger partial charge on any atom is 0.152 e. The molecule has 1 aliphatic rings. The Balaban J connectivity index is 2.65. The van der Waals surface area contributed by atoms with Crippen LogP contribution in [0, 0.1) is 5.92 Å². The van der Waals surface area contributed by atoms with Gasteiger partial charge < -0.3 is 5.21 Å². The van der Waals surface area contributed by atoms with Crippen molar-refractivity contribution < 1.29 is 10.0 Å². The molecule has 0 amide bonds. The standard InChI is InChI=1S/C8H12BrNO2/c9-5-8(11)6-3-1-2-4-7(6)10-12/h6,12H,1-5H2/b10-7+. The van der Waals surface area contributed by atoms with Gasteiger partial charge >= 0.3 is 0 Å². The second-order valence-corrected chi connectivity index (χ2v) is 3.55. The number of carbonyl (C=O) groups excluding carboxylic acids is 1. The van der Waals surface area contributed by atoms with Gasteiger partial charge in [-0.2, -0.15) is 0 Å². The first-order valence-electron chi connectivity index (χ1n) is 4.09. The summed E-state index contributed by atoms with van der Waals surface area (Å²) in [5.41, 5.74) is 0.658. The van der Waals surface area contributed by atoms with Gasteiger partial charge in [0.25, 0.3) is 0 Å². The smallest absolute Gasteiger partial charge is 0.152 e. The lowest BCUT2D eigenvalue weighted by Crippen LogP contribution is -2.28. The van der Waals surface area contributed by atoms with E-state index < -0.39 is 0 Å². The van der Waals surface area contributed by atoms with Crippen molar-refractivity contribution >= 4 is 27.4 Å². The highest BCUT2D eigenvalue weighted by atomic mass is 79.9. The summed E-state index contributed by atoms with van der Waals surface area (Å²) in [6, 6.07) is 0. The van der Waals surface area contributed by atoms with Crippen LogP contribution in [-0.2, 0) is 4.79 Å². The molecule has 68 valence electrons. The third kappa shape index (κ3) is 2.06. The highest BCUT2D eigenvalue weighted by molar-refractivity contribution is 9.09. The van der Waals surface area contributed by atoms with Crippen molar-refractivity contribution in [3.63, 3.8) is 0 Å². The normalized spacial score (nSPS) is 27.4. The van der Waals surface area contributed by atoms with Gasteiger partial charge in [-0.3, -0.25) is 4.79 Å². The number of halogens is 1. The summed E-state index contributed by atoms with van der Waals surface area (Å²) in [7, 11) is 0. The fraction of sp³-hybridized carbons (Fsp3) is 0.750. The van der Waals surface area contributed by atoms with E-state index in [1.165, 1.54) is 0 Å². The van der Waals surface area contributed by atoms with E-state index >= 15 is 0 Å². The molecule has 3 nitrogen and oxygen atoms in total. The average molecular weight is 234 g/mol. The Morgan fingerprint density at radius 1 is 1.67 bits per heavy atom. The van der Waals surface area contributed by atoms with E-state index in [2.05, 4.69) is 21.1 Å². The Hall–Kier alpha value is -0.380. The Morgan fingerprint density at radius 3 is 3.00 bits per heavy atom. The Labute approximate surface area is 80.0 Å². The topological polar surface area (TPSA) is 49.7 Å². The average Bonchev–Trinajstić information content (AvgIpc) is 2.16. The number of Topliss-reactive ketones (excluding diaryl/α,β-unsaturated/α-hetero) is 1. The molecule has 0 radical (unpaired) electrons. The minimum absolute atomic E-state index is 0.127. The highest BCUT2D eigenvalue weighted by Gasteiger charge is 2.26. The second-order valence-electron chi connectivity index (χ2n) is 2.99. The van der Waals surface area contributed by atoms with Gasteiger partial charge in [0.1, 0.15) is 0 Å². The quantitative estimate of drug-likeness (QED) is 0.451. The van der Waals surface area contributed by atoms with Crippen molar-refractivity contribution in [2.24, 2.45) is 11.1 Å². The van der Waals surface area contributed by atoms with E-state index in [0.717, 1.165) is 25.7 Å². The van der Waals surface area contributed by atoms with Crippen molar-refractivity contribution in [2.75, 3.05) is 5.33 Å². The number of nitrogens with zero attached hydrogens (tertiary/aromatic N) is 1. The molecule has 1 atom stereocenters. The van der Waals surface area contributed by atoms with Crippen LogP contribution in [-0.4, -0.2) is 22.0 Å². The fourth-order valence-electron chi connectivity index (χ4n) is 1.56. The molecule has 0 aromatic carbocycles. The number of oxime groups is 1. The van der Waals surface area contributed by atoms with Crippen LogP contribution in [0.3, 0.4) is 0 Å². The van der Waals surface area contributed by atoms with Gasteiger partial charge in [0.2, 0.25) is 0 Å². The van der Waals surface area contributed by atoms with E-state index in [4.69, 9.17) is 5.21 Å². The second kappa shape index (κ2) is 4.60. The summed E-state index contributed by atoms with van der Waals surface area (Å²) in [5, 5.41) is 12.2. The Bertz CT molecular complexity index is 203. The first-order valence-corrected chi connectivity index (χ1v) is 5.21. The molecule has 0 aromatic rings. The van der Waals surface area contributed by atoms with Crippen LogP contribution in [0.4, 0.5) is 0 Å². The SMILES string of the molecule is O=C(CBr)C1CCCC/C1=N\O. The third-order valence-electron chi connectivity index (χ3n) is 2.23. The first kappa shape index (κ1) is 9.71. The monoisotopic (exact) mass is 233 g/mol. The van der Waals surface area contributed by atoms with Crippen LogP contribution >= 0.6 is 15.9 Å². The molecule has 1 rings (SSSR count). The highest BCUT2D eigenvalue weighted by Crippen LogP contribution is 2.22. The van der Waals surface area contributed by atoms with Crippen molar-refractivity contribution in [3.8, 4) is 0 Å².